The molecule has 139 heavy (non-hydrogen) atoms. The number of methoxy groups -OCH3 is 6. The molecule has 7 aromatic carbocycles. The van der Waals surface area contributed by atoms with Gasteiger partial charge in [0.2, 0.25) is 5.69 Å². The molecule has 0 saturated heterocycles. The summed E-state index contributed by atoms with van der Waals surface area (Å²) < 4.78 is 81.0. The number of carbonyl (C=O) groups excluding carboxylic acids is 5. The van der Waals surface area contributed by atoms with Crippen molar-refractivity contribution in [2.75, 3.05) is 98.3 Å². The first-order valence-electron chi connectivity index (χ1n) is 39.8. The molecule has 5 aromatic heterocycles. The van der Waals surface area contributed by atoms with Gasteiger partial charge in [-0.1, -0.05) is 146 Å². The van der Waals surface area contributed by atoms with E-state index < -0.39 is 46.8 Å². The van der Waals surface area contributed by atoms with Crippen molar-refractivity contribution in [3.05, 3.63) is 252 Å². The van der Waals surface area contributed by atoms with Crippen molar-refractivity contribution < 1.29 is 94.5 Å². The molecule has 0 aliphatic rings. The lowest BCUT2D eigenvalue weighted by Gasteiger charge is -2.11. The lowest BCUT2D eigenvalue weighted by atomic mass is 9.80. The van der Waals surface area contributed by atoms with Crippen molar-refractivity contribution in [3.8, 4) is 92.2 Å². The Morgan fingerprint density at radius 2 is 0.770 bits per heavy atom. The molecule has 0 bridgehead atoms. The lowest BCUT2D eigenvalue weighted by molar-refractivity contribution is 0.0521. The van der Waals surface area contributed by atoms with Crippen molar-refractivity contribution in [1.82, 2.24) is 0 Å². The first kappa shape index (κ1) is 118. The van der Waals surface area contributed by atoms with Crippen LogP contribution in [0.3, 0.4) is 0 Å². The summed E-state index contributed by atoms with van der Waals surface area (Å²) in [5, 5.41) is 66.5. The van der Waals surface area contributed by atoms with Gasteiger partial charge in [0.25, 0.3) is 0 Å². The summed E-state index contributed by atoms with van der Waals surface area (Å²) in [6, 6.07) is 44.2. The van der Waals surface area contributed by atoms with Gasteiger partial charge in [0.05, 0.1) is 105 Å². The zero-order chi connectivity index (χ0) is 103. The summed E-state index contributed by atoms with van der Waals surface area (Å²) in [6.07, 6.45) is 1.01. The van der Waals surface area contributed by atoms with Crippen LogP contribution in [0.5, 0.6) is 34.5 Å². The van der Waals surface area contributed by atoms with Crippen LogP contribution in [0.2, 0.25) is 40.2 Å². The Morgan fingerprint density at radius 1 is 0.439 bits per heavy atom. The maximum Gasteiger partial charge on any atom is 0.489 e. The van der Waals surface area contributed by atoms with Crippen LogP contribution < -0.4 is 56.0 Å². The lowest BCUT2D eigenvalue weighted by Crippen LogP contribution is -2.30. The molecule has 12 aromatic rings. The summed E-state index contributed by atoms with van der Waals surface area (Å²) in [6.45, 7) is 18.0. The second-order valence-electron chi connectivity index (χ2n) is 26.6. The number of carbonyl (C=O) groups is 5. The van der Waals surface area contributed by atoms with E-state index in [0.29, 0.717) is 161 Å². The number of anilines is 3. The maximum absolute atomic E-state index is 12.7. The average molecular weight is 2500 g/mol. The highest BCUT2D eigenvalue weighted by Gasteiger charge is 2.32. The van der Waals surface area contributed by atoms with E-state index in [-0.39, 0.29) is 72.0 Å². The third-order valence-electron chi connectivity index (χ3n) is 18.0. The first-order valence-corrected chi connectivity index (χ1v) is 52.0. The quantitative estimate of drug-likeness (QED) is 0.00872. The van der Waals surface area contributed by atoms with E-state index in [2.05, 4.69) is 33.7 Å². The molecule has 0 unspecified atom stereocenters. The van der Waals surface area contributed by atoms with E-state index in [1.165, 1.54) is 34.8 Å². The third kappa shape index (κ3) is 32.2. The second kappa shape index (κ2) is 58.1. The Hall–Kier alpha value is -9.56. The topological polar surface area (TPSA) is 437 Å². The Kier molecular flexibility index (Phi) is 49.4. The van der Waals surface area contributed by atoms with Crippen LogP contribution in [0.4, 0.5) is 20.7 Å². The minimum atomic E-state index is -3.50. The summed E-state index contributed by atoms with van der Waals surface area (Å²) >= 11 is 59.0. The molecule has 0 amide bonds. The minimum absolute atomic E-state index is 0.00107. The molecule has 5 heterocycles. The van der Waals surface area contributed by atoms with Crippen molar-refractivity contribution in [2.45, 2.75) is 58.5 Å². The zero-order valence-corrected chi connectivity index (χ0v) is 92.5. The second-order valence-corrected chi connectivity index (χ2v) is 41.3. The molecular weight excluding hydrogens is 2420 g/mol. The highest BCUT2D eigenvalue weighted by molar-refractivity contribution is 14.1. The number of nitrogens with zero attached hydrogens (tertiary/aromatic N) is 5. The predicted octanol–water partition coefficient (Wildman–Crippen LogP) is 24.5. The van der Waals surface area contributed by atoms with Crippen LogP contribution in [-0.2, 0) is 53.2 Å². The monoisotopic (exact) mass is 2490 g/mol. The van der Waals surface area contributed by atoms with Gasteiger partial charge < -0.3 is 84.3 Å². The van der Waals surface area contributed by atoms with Gasteiger partial charge in [0.15, 0.2) is 9.84 Å². The molecule has 0 saturated carbocycles. The van der Waals surface area contributed by atoms with Crippen LogP contribution in [0.1, 0.15) is 122 Å². The van der Waals surface area contributed by atoms with E-state index in [0.717, 1.165) is 71.3 Å². The SMILES string of the molecule is CCOC(=O)c1sc(I)c(C#N)c1-c1ccc(Cl)cc1Cl.CCOC(=O)c1sc(N)c(C#N)c1-c1ccc(Cl)cc1Cl.CCOC(=O)c1sc(NCc2ccc(OC)cc2OC)c(C#N)c1-c1ccc(Cl)cc1Cl.CCOC(=O)c1sc(NCc2ccc(OC)cc2OC)c(C#N)c1I.COc1ccc(CN)c(OC)c1.OB(O)c1ccc(Cl)cc1Cl.[C-]#[N+]c1c(S(C)(=O)=O)sc(C(=O)OCC)c1I. The number of nitrogen functional groups attached to an aromatic ring is 1. The number of hydrogen-bond donors (Lipinski definition) is 6. The number of benzene rings is 7. The van der Waals surface area contributed by atoms with Gasteiger partial charge in [-0.2, -0.15) is 21.0 Å². The summed E-state index contributed by atoms with van der Waals surface area (Å²) in [7, 11) is 4.53. The molecule has 0 spiro atoms. The fourth-order valence-electron chi connectivity index (χ4n) is 11.7. The molecule has 0 atom stereocenters. The summed E-state index contributed by atoms with van der Waals surface area (Å²) in [4.78, 5) is 65.1. The average Bonchev–Trinajstić information content (AvgIpc) is 1.63. The standard InChI is InChI=1S/C23H20Cl2N2O4S.C17H17IN2O4S.C14H8Cl2INO2S.C14H10Cl2N2O2S.C9H8INO4S2.C9H13NO2.C6H5BCl2O2/c1-4-31-23(28)21-20(16-8-6-14(24)9-18(16)25)17(11-26)22(32-21)27-12-13-5-7-15(29-2)10-19(13)30-3;1-4-24-17(21)15-14(18)12(8-19)16(25-15)20-9-10-5-6-11(22-2)7-13(10)23-3;1-2-20-14(19)12-11(9(6-18)13(17)21-12)8-4-3-7(15)5-10(8)16;1-2-20-14(19)12-11(9(6-17)13(18)21-12)8-4-3-7(15)5-10(8)16;1-4-15-8(12)7-5(10)6(11-2)9(16-7)17(3,13)14;1-11-8-4-3-7(6-10)9(5-8)12-2;8-4-1-2-5(7(10)11)6(9)3-4/h5-10,27H,4,12H2,1-3H3;5-7,20H,4,9H2,1-3H3;3-5H,2H2,1H3;3-5H,2,18H2,1H3;4H2,1,3H3;3-5H,6,10H2,1-2H3;1-3,10-11H. The van der Waals surface area contributed by atoms with Crippen LogP contribution in [0.15, 0.2) is 132 Å². The highest BCUT2D eigenvalue weighted by atomic mass is 127. The van der Waals surface area contributed by atoms with Crippen LogP contribution in [-0.4, -0.2) is 137 Å². The van der Waals surface area contributed by atoms with Crippen molar-refractivity contribution in [3.63, 3.8) is 0 Å². The smallest absolute Gasteiger partial charge is 0.489 e. The van der Waals surface area contributed by atoms with Crippen molar-refractivity contribution in [2.24, 2.45) is 5.73 Å². The predicted molar refractivity (Wildman–Crippen MR) is 576 cm³/mol. The summed E-state index contributed by atoms with van der Waals surface area (Å²) in [5.74, 6) is 1.73. The molecule has 8 N–H and O–H groups in total. The largest absolute Gasteiger partial charge is 0.497 e. The Morgan fingerprint density at radius 3 is 1.11 bits per heavy atom. The molecule has 0 radical (unpaired) electrons. The number of thiophene rings is 5. The number of ether oxygens (including phenoxy) is 11. The summed E-state index contributed by atoms with van der Waals surface area (Å²) in [5.41, 5.74) is 18.7. The maximum atomic E-state index is 12.7. The third-order valence-corrected chi connectivity index (χ3v) is 31.4. The number of nitrogens with one attached hydrogen (secondary N) is 2. The molecule has 0 aliphatic heterocycles. The van der Waals surface area contributed by atoms with Gasteiger partial charge >= 0.3 is 37.0 Å². The van der Waals surface area contributed by atoms with E-state index in [4.69, 9.17) is 173 Å². The molecule has 12 rings (SSSR count). The molecule has 730 valence electrons. The fourth-order valence-corrected chi connectivity index (χ4v) is 23.1. The number of sulfone groups is 1. The number of esters is 5. The van der Waals surface area contributed by atoms with Crippen LogP contribution in [0.25, 0.3) is 38.2 Å². The highest BCUT2D eigenvalue weighted by Crippen LogP contribution is 2.48. The number of hydrogen-bond acceptors (Lipinski definition) is 33. The van der Waals surface area contributed by atoms with Gasteiger partial charge in [-0.25, -0.2) is 37.2 Å². The number of rotatable bonds is 28. The van der Waals surface area contributed by atoms with E-state index in [1.54, 1.807) is 173 Å². The molecule has 0 fully saturated rings. The number of halogens is 11. The zero-order valence-electron chi connectivity index (χ0n) is 75.1. The van der Waals surface area contributed by atoms with Gasteiger partial charge in [-0.05, 0) is 159 Å². The fraction of sp³-hybridized carbons (Fsp3) is 0.217. The van der Waals surface area contributed by atoms with Gasteiger partial charge in [0.1, 0.15) is 108 Å². The van der Waals surface area contributed by atoms with Crippen LogP contribution in [0, 0.1) is 61.9 Å². The van der Waals surface area contributed by atoms with Crippen molar-refractivity contribution >= 4 is 290 Å². The van der Waals surface area contributed by atoms with Gasteiger partial charge in [-0.15, -0.1) is 56.7 Å². The van der Waals surface area contributed by atoms with Crippen molar-refractivity contribution in [1.29, 1.82) is 21.0 Å². The van der Waals surface area contributed by atoms with E-state index in [1.807, 2.05) is 93.7 Å². The van der Waals surface area contributed by atoms with Crippen LogP contribution >= 0.6 is 217 Å². The number of nitrogens with two attached hydrogens (primary N) is 2. The first-order chi connectivity index (χ1) is 66.2. The van der Waals surface area contributed by atoms with Gasteiger partial charge in [-0.3, -0.25) is 0 Å². The molecule has 0 aliphatic carbocycles. The normalized spacial score (nSPS) is 10.2. The number of nitriles is 4. The van der Waals surface area contributed by atoms with Gasteiger partial charge in [0, 0.05) is 143 Å². The molecule has 29 nitrogen and oxygen atoms in total. The minimum Gasteiger partial charge on any atom is -0.497 e. The molecular formula is C92H81BCl8I3N9O20S6. The van der Waals surface area contributed by atoms with E-state index in [9.17, 15) is 53.4 Å². The Labute approximate surface area is 903 Å². The molecule has 47 heteroatoms. The van der Waals surface area contributed by atoms with E-state index >= 15 is 0 Å². The Bertz CT molecular complexity index is 6670. The Balaban J connectivity index is 0.000000255.